The number of fused-ring (bicyclic) bond motifs is 1. The third-order valence-corrected chi connectivity index (χ3v) is 9.91. The van der Waals surface area contributed by atoms with E-state index >= 15 is 0 Å². The SMILES string of the molecule is COc1ccccc1[C@H](C)C(=O)N1CC2[C@H](C1)C(c1ccccc1)(c1ccccc1)CCC2(O)c1ccccc1OC. The van der Waals surface area contributed by atoms with Gasteiger partial charge in [-0.15, -0.1) is 0 Å². The van der Waals surface area contributed by atoms with E-state index < -0.39 is 5.60 Å². The number of ether oxygens (including phenoxy) is 2. The van der Waals surface area contributed by atoms with Gasteiger partial charge in [-0.2, -0.15) is 0 Å². The van der Waals surface area contributed by atoms with Crippen molar-refractivity contribution in [1.82, 2.24) is 4.90 Å². The van der Waals surface area contributed by atoms with E-state index in [1.807, 2.05) is 72.5 Å². The number of nitrogens with zero attached hydrogens (tertiary/aromatic N) is 1. The molecule has 42 heavy (non-hydrogen) atoms. The first-order chi connectivity index (χ1) is 20.4. The first-order valence-corrected chi connectivity index (χ1v) is 14.8. The number of aliphatic hydroxyl groups is 1. The number of para-hydroxylation sites is 2. The molecule has 5 heteroatoms. The van der Waals surface area contributed by atoms with E-state index in [0.29, 0.717) is 31.0 Å². The second-order valence-corrected chi connectivity index (χ2v) is 11.7. The fourth-order valence-corrected chi connectivity index (χ4v) is 7.85. The molecule has 1 heterocycles. The summed E-state index contributed by atoms with van der Waals surface area (Å²) in [6.07, 6.45) is 1.28. The van der Waals surface area contributed by atoms with Gasteiger partial charge in [0.25, 0.3) is 0 Å². The third kappa shape index (κ3) is 4.47. The molecule has 1 saturated heterocycles. The van der Waals surface area contributed by atoms with Gasteiger partial charge < -0.3 is 19.5 Å². The fraction of sp³-hybridized carbons (Fsp3) is 0.324. The number of methoxy groups -OCH3 is 2. The van der Waals surface area contributed by atoms with Gasteiger partial charge in [-0.25, -0.2) is 0 Å². The van der Waals surface area contributed by atoms with Crippen LogP contribution < -0.4 is 9.47 Å². The highest BCUT2D eigenvalue weighted by Gasteiger charge is 2.61. The Morgan fingerprint density at radius 2 is 1.26 bits per heavy atom. The van der Waals surface area contributed by atoms with Crippen LogP contribution in [0.1, 0.15) is 47.9 Å². The lowest BCUT2D eigenvalue weighted by atomic mass is 9.52. The molecule has 1 aliphatic carbocycles. The zero-order valence-electron chi connectivity index (χ0n) is 24.6. The molecule has 6 rings (SSSR count). The lowest BCUT2D eigenvalue weighted by Gasteiger charge is -2.53. The van der Waals surface area contributed by atoms with Crippen LogP contribution in [0.25, 0.3) is 0 Å². The molecule has 1 aliphatic heterocycles. The number of benzene rings is 4. The second-order valence-electron chi connectivity index (χ2n) is 11.7. The Morgan fingerprint density at radius 1 is 0.738 bits per heavy atom. The highest BCUT2D eigenvalue weighted by atomic mass is 16.5. The zero-order valence-corrected chi connectivity index (χ0v) is 24.6. The van der Waals surface area contributed by atoms with Gasteiger partial charge in [0, 0.05) is 35.5 Å². The molecule has 216 valence electrons. The highest BCUT2D eigenvalue weighted by molar-refractivity contribution is 5.84. The topological polar surface area (TPSA) is 59.0 Å². The Labute approximate surface area is 248 Å². The molecule has 2 unspecified atom stereocenters. The Hall–Kier alpha value is -4.09. The van der Waals surface area contributed by atoms with E-state index in [1.54, 1.807) is 14.2 Å². The number of hydrogen-bond donors (Lipinski definition) is 1. The van der Waals surface area contributed by atoms with Gasteiger partial charge in [-0.1, -0.05) is 97.1 Å². The predicted molar refractivity (Wildman–Crippen MR) is 165 cm³/mol. The molecular weight excluding hydrogens is 522 g/mol. The smallest absolute Gasteiger partial charge is 0.229 e. The van der Waals surface area contributed by atoms with Gasteiger partial charge in [0.1, 0.15) is 11.5 Å². The Morgan fingerprint density at radius 3 is 1.88 bits per heavy atom. The highest BCUT2D eigenvalue weighted by Crippen LogP contribution is 2.60. The van der Waals surface area contributed by atoms with Crippen LogP contribution in [0.15, 0.2) is 109 Å². The van der Waals surface area contributed by atoms with E-state index in [1.165, 1.54) is 11.1 Å². The molecule has 4 aromatic carbocycles. The standard InChI is InChI=1S/C37H39NO4/c1-26(29-18-10-12-20-33(29)41-2)35(39)38-24-31-32(25-38)37(40,30-19-11-13-21-34(30)42-3)23-22-36(31,27-14-6-4-7-15-27)28-16-8-5-9-17-28/h4-21,26,31-32,40H,22-25H2,1-3H3/t26-,31-,32?,37?/m0/s1. The maximum atomic E-state index is 14.3. The van der Waals surface area contributed by atoms with E-state index in [-0.39, 0.29) is 29.1 Å². The van der Waals surface area contributed by atoms with Crippen molar-refractivity contribution in [1.29, 1.82) is 0 Å². The van der Waals surface area contributed by atoms with Gasteiger partial charge in [-0.3, -0.25) is 4.79 Å². The summed E-state index contributed by atoms with van der Waals surface area (Å²) in [4.78, 5) is 16.3. The van der Waals surface area contributed by atoms with Gasteiger partial charge >= 0.3 is 0 Å². The van der Waals surface area contributed by atoms with Crippen LogP contribution in [0.3, 0.4) is 0 Å². The first kappa shape index (κ1) is 28.0. The Kier molecular flexibility index (Phi) is 7.54. The molecule has 4 aromatic rings. The predicted octanol–water partition coefficient (Wildman–Crippen LogP) is 6.55. The van der Waals surface area contributed by atoms with E-state index in [2.05, 4.69) is 48.5 Å². The van der Waals surface area contributed by atoms with Crippen molar-refractivity contribution in [2.45, 2.75) is 36.7 Å². The largest absolute Gasteiger partial charge is 0.496 e. The number of likely N-dealkylation sites (tertiary alicyclic amines) is 1. The minimum Gasteiger partial charge on any atom is -0.496 e. The van der Waals surface area contributed by atoms with Crippen molar-refractivity contribution >= 4 is 5.91 Å². The van der Waals surface area contributed by atoms with Gasteiger partial charge in [0.2, 0.25) is 5.91 Å². The van der Waals surface area contributed by atoms with Gasteiger partial charge in [-0.05, 0) is 48.9 Å². The second kappa shape index (κ2) is 11.3. The van der Waals surface area contributed by atoms with Crippen molar-refractivity contribution in [3.8, 4) is 11.5 Å². The summed E-state index contributed by atoms with van der Waals surface area (Å²) in [6, 6.07) is 36.8. The molecular formula is C37H39NO4. The number of amides is 1. The summed E-state index contributed by atoms with van der Waals surface area (Å²) >= 11 is 0. The quantitative estimate of drug-likeness (QED) is 0.278. The summed E-state index contributed by atoms with van der Waals surface area (Å²) in [5.74, 6) is 0.813. The monoisotopic (exact) mass is 561 g/mol. The van der Waals surface area contributed by atoms with Gasteiger partial charge in [0.15, 0.2) is 0 Å². The molecule has 2 aliphatic rings. The lowest BCUT2D eigenvalue weighted by molar-refractivity contribution is -0.132. The first-order valence-electron chi connectivity index (χ1n) is 14.8. The summed E-state index contributed by atoms with van der Waals surface area (Å²) in [5, 5.41) is 12.8. The molecule has 5 nitrogen and oxygen atoms in total. The van der Waals surface area contributed by atoms with Crippen LogP contribution in [0.2, 0.25) is 0 Å². The van der Waals surface area contributed by atoms with Crippen LogP contribution in [-0.4, -0.2) is 43.2 Å². The van der Waals surface area contributed by atoms with E-state index in [4.69, 9.17) is 9.47 Å². The van der Waals surface area contributed by atoms with Crippen molar-refractivity contribution in [3.63, 3.8) is 0 Å². The number of carbonyl (C=O) groups is 1. The van der Waals surface area contributed by atoms with Crippen LogP contribution in [-0.2, 0) is 15.8 Å². The van der Waals surface area contributed by atoms with Crippen molar-refractivity contribution in [3.05, 3.63) is 131 Å². The third-order valence-electron chi connectivity index (χ3n) is 9.91. The van der Waals surface area contributed by atoms with Crippen LogP contribution in [0.5, 0.6) is 11.5 Å². The molecule has 0 aromatic heterocycles. The van der Waals surface area contributed by atoms with Crippen LogP contribution in [0, 0.1) is 11.8 Å². The number of hydrogen-bond acceptors (Lipinski definition) is 4. The molecule has 1 saturated carbocycles. The molecule has 1 N–H and O–H groups in total. The molecule has 0 radical (unpaired) electrons. The lowest BCUT2D eigenvalue weighted by Crippen LogP contribution is -2.53. The van der Waals surface area contributed by atoms with Crippen LogP contribution in [0.4, 0.5) is 0 Å². The zero-order chi connectivity index (χ0) is 29.3. The van der Waals surface area contributed by atoms with Crippen molar-refractivity contribution in [2.75, 3.05) is 27.3 Å². The van der Waals surface area contributed by atoms with Crippen molar-refractivity contribution in [2.24, 2.45) is 11.8 Å². The molecule has 4 atom stereocenters. The molecule has 1 amide bonds. The molecule has 2 fully saturated rings. The maximum Gasteiger partial charge on any atom is 0.229 e. The average molecular weight is 562 g/mol. The van der Waals surface area contributed by atoms with Gasteiger partial charge in [0.05, 0.1) is 25.7 Å². The summed E-state index contributed by atoms with van der Waals surface area (Å²) in [7, 11) is 3.29. The van der Waals surface area contributed by atoms with E-state index in [9.17, 15) is 9.90 Å². The normalized spacial score (nSPS) is 23.6. The van der Waals surface area contributed by atoms with E-state index in [0.717, 1.165) is 17.5 Å². The molecule has 0 bridgehead atoms. The Balaban J connectivity index is 1.49. The number of carbonyl (C=O) groups excluding carboxylic acids is 1. The summed E-state index contributed by atoms with van der Waals surface area (Å²) in [6.45, 7) is 2.96. The maximum absolute atomic E-state index is 14.3. The van der Waals surface area contributed by atoms with Crippen molar-refractivity contribution < 1.29 is 19.4 Å². The Bertz CT molecular complexity index is 1500. The minimum atomic E-state index is -1.16. The fourth-order valence-electron chi connectivity index (χ4n) is 7.85. The van der Waals surface area contributed by atoms with Crippen LogP contribution >= 0.6 is 0 Å². The summed E-state index contributed by atoms with van der Waals surface area (Å²) < 4.78 is 11.4. The number of rotatable bonds is 7. The summed E-state index contributed by atoms with van der Waals surface area (Å²) in [5.41, 5.74) is 2.58. The molecule has 0 spiro atoms. The minimum absolute atomic E-state index is 0.0280. The average Bonchev–Trinajstić information content (AvgIpc) is 3.52.